The molecule has 0 aliphatic heterocycles. The summed E-state index contributed by atoms with van der Waals surface area (Å²) >= 11 is 0. The molecule has 0 radical (unpaired) electrons. The van der Waals surface area contributed by atoms with Crippen molar-refractivity contribution in [3.63, 3.8) is 0 Å². The first kappa shape index (κ1) is 27.3. The van der Waals surface area contributed by atoms with Gasteiger partial charge in [-0.25, -0.2) is 0 Å². The molecule has 0 aliphatic carbocycles. The van der Waals surface area contributed by atoms with E-state index in [4.69, 9.17) is 0 Å². The highest BCUT2D eigenvalue weighted by molar-refractivity contribution is 7.79. The van der Waals surface area contributed by atoms with Gasteiger partial charge < -0.3 is 0 Å². The summed E-state index contributed by atoms with van der Waals surface area (Å²) in [6.45, 7) is 2.27. The third kappa shape index (κ3) is 9.72. The first-order valence-corrected chi connectivity index (χ1v) is 15.0. The molecule has 0 saturated heterocycles. The lowest BCUT2D eigenvalue weighted by Crippen LogP contribution is -2.20. The summed E-state index contributed by atoms with van der Waals surface area (Å²) < 4.78 is 0. The van der Waals surface area contributed by atoms with Crippen molar-refractivity contribution in [1.82, 2.24) is 0 Å². The summed E-state index contributed by atoms with van der Waals surface area (Å²) in [5, 5.41) is 5.56. The maximum Gasteiger partial charge on any atom is -0.0134 e. The third-order valence-electron chi connectivity index (χ3n) is 6.15. The van der Waals surface area contributed by atoms with E-state index in [0.29, 0.717) is 0 Å². The number of hydrogen-bond acceptors (Lipinski definition) is 0. The molecule has 0 N–H and O–H groups in total. The van der Waals surface area contributed by atoms with Crippen LogP contribution in [0.4, 0.5) is 0 Å². The summed E-state index contributed by atoms with van der Waals surface area (Å²) in [4.78, 5) is 0. The first-order valence-electron chi connectivity index (χ1n) is 13.1. The van der Waals surface area contributed by atoms with Gasteiger partial charge in [0.1, 0.15) is 0 Å². The van der Waals surface area contributed by atoms with Gasteiger partial charge >= 0.3 is 0 Å². The van der Waals surface area contributed by atoms with Crippen molar-refractivity contribution in [3.05, 3.63) is 121 Å². The molecule has 4 rings (SSSR count). The molecule has 0 aromatic heterocycles. The number of hydrogen-bond donors (Lipinski definition) is 0. The first-order chi connectivity index (χ1) is 17.3. The fourth-order valence-electron chi connectivity index (χ4n) is 4.21. The molecular formula is C33H40P2. The van der Waals surface area contributed by atoms with Crippen LogP contribution in [0.2, 0.25) is 0 Å². The summed E-state index contributed by atoms with van der Waals surface area (Å²) in [5.74, 6) is 0. The Kier molecular flexibility index (Phi) is 12.8. The molecule has 0 fully saturated rings. The van der Waals surface area contributed by atoms with Gasteiger partial charge in [0, 0.05) is 0 Å². The van der Waals surface area contributed by atoms with Crippen LogP contribution in [-0.2, 0) is 6.42 Å². The molecule has 1 atom stereocenters. The van der Waals surface area contributed by atoms with Gasteiger partial charge in [0.25, 0.3) is 0 Å². The number of unbranched alkanes of at least 4 members (excludes halogenated alkanes) is 6. The van der Waals surface area contributed by atoms with Crippen molar-refractivity contribution in [3.8, 4) is 0 Å². The van der Waals surface area contributed by atoms with Crippen LogP contribution in [0.1, 0.15) is 57.4 Å². The number of aryl methyl sites for hydroxylation is 1. The van der Waals surface area contributed by atoms with Crippen LogP contribution >= 0.6 is 17.2 Å². The Morgan fingerprint density at radius 3 is 1.34 bits per heavy atom. The Morgan fingerprint density at radius 2 is 0.886 bits per heavy atom. The Hall–Kier alpha value is -2.26. The molecule has 0 heterocycles. The van der Waals surface area contributed by atoms with E-state index in [1.807, 2.05) is 0 Å². The lowest BCUT2D eigenvalue weighted by atomic mass is 10.0. The zero-order valence-electron chi connectivity index (χ0n) is 21.2. The molecule has 35 heavy (non-hydrogen) atoms. The molecular weight excluding hydrogens is 458 g/mol. The van der Waals surface area contributed by atoms with Gasteiger partial charge in [-0.2, -0.15) is 0 Å². The van der Waals surface area contributed by atoms with Crippen LogP contribution in [0.25, 0.3) is 0 Å². The summed E-state index contributed by atoms with van der Waals surface area (Å²) in [6, 6.07) is 41.0. The van der Waals surface area contributed by atoms with Gasteiger partial charge in [0.2, 0.25) is 0 Å². The van der Waals surface area contributed by atoms with Gasteiger partial charge in [-0.05, 0) is 47.5 Å². The van der Waals surface area contributed by atoms with E-state index in [0.717, 1.165) is 0 Å². The lowest BCUT2D eigenvalue weighted by Gasteiger charge is -2.18. The molecule has 182 valence electrons. The van der Waals surface area contributed by atoms with E-state index < -0.39 is 7.92 Å². The second kappa shape index (κ2) is 16.4. The molecule has 0 nitrogen and oxygen atoms in total. The second-order valence-corrected chi connectivity index (χ2v) is 11.8. The molecule has 4 aromatic carbocycles. The zero-order valence-corrected chi connectivity index (χ0v) is 23.2. The van der Waals surface area contributed by atoms with Crippen LogP contribution in [0, 0.1) is 0 Å². The van der Waals surface area contributed by atoms with Gasteiger partial charge in [-0.3, -0.25) is 0 Å². The molecule has 0 amide bonds. The standard InChI is InChI=1S/C18H15P.C15H25P/c1-4-10-16(11-5-1)19(17-12-6-2-7-13-17)18-14-8-3-9-15-18;1-2-3-4-5-6-7-8-11-14-12-9-10-13-15(14)16/h1-15H;9-10,12-13H,2-8,11,16H2,1H3. The number of rotatable bonds is 11. The van der Waals surface area contributed by atoms with Crippen molar-refractivity contribution in [2.24, 2.45) is 0 Å². The highest BCUT2D eigenvalue weighted by Gasteiger charge is 2.15. The molecule has 1 unspecified atom stereocenters. The van der Waals surface area contributed by atoms with Crippen LogP contribution in [0.3, 0.4) is 0 Å². The smallest absolute Gasteiger partial charge is 0.0134 e. The molecule has 4 aromatic rings. The van der Waals surface area contributed by atoms with Gasteiger partial charge in [-0.15, -0.1) is 9.24 Å². The largest absolute Gasteiger partial charge is 0.105 e. The maximum atomic E-state index is 2.83. The SMILES string of the molecule is CCCCCCCCCc1ccccc1P.c1ccc(P(c2ccccc2)c2ccccc2)cc1. The second-order valence-electron chi connectivity index (χ2n) is 8.91. The fourth-order valence-corrected chi connectivity index (χ4v) is 6.87. The van der Waals surface area contributed by atoms with Crippen molar-refractivity contribution in [1.29, 1.82) is 0 Å². The minimum Gasteiger partial charge on any atom is -0.105 e. The van der Waals surface area contributed by atoms with E-state index in [9.17, 15) is 0 Å². The summed E-state index contributed by atoms with van der Waals surface area (Å²) in [6.07, 6.45) is 11.0. The Labute approximate surface area is 217 Å². The van der Waals surface area contributed by atoms with E-state index in [1.54, 1.807) is 0 Å². The molecule has 0 bridgehead atoms. The normalized spacial score (nSPS) is 10.6. The highest BCUT2D eigenvalue weighted by atomic mass is 31.1. The van der Waals surface area contributed by atoms with E-state index in [2.05, 4.69) is 131 Å². The van der Waals surface area contributed by atoms with Gasteiger partial charge in [-0.1, -0.05) is 161 Å². The van der Waals surface area contributed by atoms with E-state index in [-0.39, 0.29) is 0 Å². The molecule has 0 spiro atoms. The van der Waals surface area contributed by atoms with Crippen LogP contribution < -0.4 is 21.2 Å². The predicted molar refractivity (Wildman–Crippen MR) is 163 cm³/mol. The van der Waals surface area contributed by atoms with Crippen LogP contribution in [0.5, 0.6) is 0 Å². The zero-order chi connectivity index (χ0) is 24.6. The average Bonchev–Trinajstić information content (AvgIpc) is 2.92. The monoisotopic (exact) mass is 498 g/mol. The van der Waals surface area contributed by atoms with Gasteiger partial charge in [0.05, 0.1) is 0 Å². The Balaban J connectivity index is 0.000000199. The van der Waals surface area contributed by atoms with E-state index >= 15 is 0 Å². The summed E-state index contributed by atoms with van der Waals surface area (Å²) in [7, 11) is 2.39. The van der Waals surface area contributed by atoms with Crippen molar-refractivity contribution in [2.75, 3.05) is 0 Å². The number of benzene rings is 4. The minimum atomic E-state index is -0.446. The Bertz CT molecular complexity index is 968. The van der Waals surface area contributed by atoms with Crippen LogP contribution in [-0.4, -0.2) is 0 Å². The maximum absolute atomic E-state index is 2.83. The minimum absolute atomic E-state index is 0.446. The fraction of sp³-hybridized carbons (Fsp3) is 0.273. The average molecular weight is 499 g/mol. The van der Waals surface area contributed by atoms with Crippen LogP contribution in [0.15, 0.2) is 115 Å². The summed E-state index contributed by atoms with van der Waals surface area (Å²) in [5.41, 5.74) is 1.50. The molecule has 0 saturated carbocycles. The van der Waals surface area contributed by atoms with Crippen molar-refractivity contribution < 1.29 is 0 Å². The quantitative estimate of drug-likeness (QED) is 0.146. The molecule has 0 aliphatic rings. The van der Waals surface area contributed by atoms with Gasteiger partial charge in [0.15, 0.2) is 0 Å². The Morgan fingerprint density at radius 1 is 0.486 bits per heavy atom. The predicted octanol–water partition coefficient (Wildman–Crippen LogP) is 7.92. The van der Waals surface area contributed by atoms with E-state index in [1.165, 1.54) is 78.1 Å². The highest BCUT2D eigenvalue weighted by Crippen LogP contribution is 2.32. The van der Waals surface area contributed by atoms with Crippen molar-refractivity contribution >= 4 is 38.4 Å². The van der Waals surface area contributed by atoms with Crippen molar-refractivity contribution in [2.45, 2.75) is 58.3 Å². The topological polar surface area (TPSA) is 0 Å². The third-order valence-corrected chi connectivity index (χ3v) is 9.15. The molecule has 2 heteroatoms. The lowest BCUT2D eigenvalue weighted by molar-refractivity contribution is 0.589.